The molecule has 0 aliphatic carbocycles. The van der Waals surface area contributed by atoms with Gasteiger partial charge in [0.1, 0.15) is 5.01 Å². The van der Waals surface area contributed by atoms with E-state index in [1.54, 1.807) is 23.1 Å². The molecule has 1 aliphatic heterocycles. The van der Waals surface area contributed by atoms with Crippen molar-refractivity contribution in [1.82, 2.24) is 10.2 Å². The summed E-state index contributed by atoms with van der Waals surface area (Å²) in [5.74, 6) is 2.47. The summed E-state index contributed by atoms with van der Waals surface area (Å²) < 4.78 is 11.3. The summed E-state index contributed by atoms with van der Waals surface area (Å²) in [5, 5.41) is 13.0. The first-order valence-electron chi connectivity index (χ1n) is 6.38. The lowest BCUT2D eigenvalue weighted by Crippen LogP contribution is -1.97. The van der Waals surface area contributed by atoms with Gasteiger partial charge in [0, 0.05) is 18.4 Å². The van der Waals surface area contributed by atoms with Crippen molar-refractivity contribution in [2.45, 2.75) is 17.1 Å². The Morgan fingerprint density at radius 2 is 2.10 bits per heavy atom. The van der Waals surface area contributed by atoms with Crippen molar-refractivity contribution in [3.63, 3.8) is 0 Å². The van der Waals surface area contributed by atoms with E-state index in [1.807, 2.05) is 19.2 Å². The molecule has 5 nitrogen and oxygen atoms in total. The summed E-state index contributed by atoms with van der Waals surface area (Å²) in [6.07, 6.45) is 0.925. The SMILES string of the molecule is CNc1nnc(CSc2ccc3c(c2)OCCCO3)s1. The van der Waals surface area contributed by atoms with E-state index in [9.17, 15) is 0 Å². The van der Waals surface area contributed by atoms with E-state index in [0.717, 1.165) is 45.3 Å². The Morgan fingerprint density at radius 1 is 1.25 bits per heavy atom. The third kappa shape index (κ3) is 3.16. The lowest BCUT2D eigenvalue weighted by Gasteiger charge is -2.08. The highest BCUT2D eigenvalue weighted by Gasteiger charge is 2.11. The van der Waals surface area contributed by atoms with Crippen molar-refractivity contribution < 1.29 is 9.47 Å². The number of ether oxygens (including phenoxy) is 2. The Labute approximate surface area is 125 Å². The Kier molecular flexibility index (Phi) is 4.27. The number of nitrogens with one attached hydrogen (secondary N) is 1. The molecule has 0 radical (unpaired) electrons. The molecule has 7 heteroatoms. The molecule has 0 bridgehead atoms. The number of nitrogens with zero attached hydrogens (tertiary/aromatic N) is 2. The molecule has 1 N–H and O–H groups in total. The number of anilines is 1. The maximum absolute atomic E-state index is 5.69. The summed E-state index contributed by atoms with van der Waals surface area (Å²) in [5.41, 5.74) is 0. The summed E-state index contributed by atoms with van der Waals surface area (Å²) in [4.78, 5) is 1.15. The second-order valence-corrected chi connectivity index (χ2v) is 6.31. The van der Waals surface area contributed by atoms with Crippen molar-refractivity contribution in [2.75, 3.05) is 25.6 Å². The molecule has 0 saturated carbocycles. The number of hydrogen-bond acceptors (Lipinski definition) is 7. The Morgan fingerprint density at radius 3 is 2.90 bits per heavy atom. The molecular weight excluding hydrogens is 294 g/mol. The van der Waals surface area contributed by atoms with Gasteiger partial charge in [-0.15, -0.1) is 22.0 Å². The minimum atomic E-state index is 0.711. The number of rotatable bonds is 4. The highest BCUT2D eigenvalue weighted by Crippen LogP contribution is 2.35. The molecule has 0 atom stereocenters. The van der Waals surface area contributed by atoms with Crippen molar-refractivity contribution in [3.05, 3.63) is 23.2 Å². The van der Waals surface area contributed by atoms with Crippen LogP contribution in [0.5, 0.6) is 11.5 Å². The summed E-state index contributed by atoms with van der Waals surface area (Å²) in [6.45, 7) is 1.43. The van der Waals surface area contributed by atoms with Gasteiger partial charge >= 0.3 is 0 Å². The molecule has 2 aromatic rings. The van der Waals surface area contributed by atoms with Crippen LogP contribution in [0.1, 0.15) is 11.4 Å². The van der Waals surface area contributed by atoms with Crippen LogP contribution in [-0.2, 0) is 5.75 Å². The van der Waals surface area contributed by atoms with Gasteiger partial charge in [0.25, 0.3) is 0 Å². The van der Waals surface area contributed by atoms with Crippen LogP contribution in [0.4, 0.5) is 5.13 Å². The lowest BCUT2D eigenvalue weighted by molar-refractivity contribution is 0.297. The number of aromatic nitrogens is 2. The quantitative estimate of drug-likeness (QED) is 0.876. The van der Waals surface area contributed by atoms with Crippen LogP contribution in [0.25, 0.3) is 0 Å². The molecule has 20 heavy (non-hydrogen) atoms. The highest BCUT2D eigenvalue weighted by atomic mass is 32.2. The second-order valence-electron chi connectivity index (χ2n) is 4.20. The minimum absolute atomic E-state index is 0.711. The minimum Gasteiger partial charge on any atom is -0.490 e. The number of fused-ring (bicyclic) bond motifs is 1. The standard InChI is InChI=1S/C13H15N3O2S2/c1-14-13-16-15-12(20-13)8-19-9-3-4-10-11(7-9)18-6-2-5-17-10/h3-4,7H,2,5-6,8H2,1H3,(H,14,16). The summed E-state index contributed by atoms with van der Waals surface area (Å²) in [6, 6.07) is 6.06. The predicted molar refractivity (Wildman–Crippen MR) is 81.1 cm³/mol. The molecule has 3 rings (SSSR count). The van der Waals surface area contributed by atoms with E-state index in [4.69, 9.17) is 9.47 Å². The topological polar surface area (TPSA) is 56.3 Å². The molecule has 106 valence electrons. The van der Waals surface area contributed by atoms with Crippen LogP contribution in [0.15, 0.2) is 23.1 Å². The normalized spacial score (nSPS) is 13.8. The maximum atomic E-state index is 5.69. The first kappa shape index (κ1) is 13.5. The molecule has 0 spiro atoms. The van der Waals surface area contributed by atoms with Gasteiger partial charge in [-0.2, -0.15) is 0 Å². The van der Waals surface area contributed by atoms with Crippen LogP contribution >= 0.6 is 23.1 Å². The third-order valence-electron chi connectivity index (χ3n) is 2.76. The largest absolute Gasteiger partial charge is 0.490 e. The molecule has 0 saturated heterocycles. The maximum Gasteiger partial charge on any atom is 0.205 e. The van der Waals surface area contributed by atoms with Gasteiger partial charge in [0.05, 0.1) is 19.0 Å². The number of thioether (sulfide) groups is 1. The molecule has 2 heterocycles. The van der Waals surface area contributed by atoms with Gasteiger partial charge in [-0.3, -0.25) is 0 Å². The molecule has 0 fully saturated rings. The smallest absolute Gasteiger partial charge is 0.205 e. The molecule has 0 unspecified atom stereocenters. The van der Waals surface area contributed by atoms with Crippen LogP contribution in [-0.4, -0.2) is 30.5 Å². The van der Waals surface area contributed by atoms with Gasteiger partial charge in [0.15, 0.2) is 11.5 Å². The van der Waals surface area contributed by atoms with Crippen molar-refractivity contribution in [2.24, 2.45) is 0 Å². The van der Waals surface area contributed by atoms with E-state index in [2.05, 4.69) is 21.6 Å². The van der Waals surface area contributed by atoms with Crippen LogP contribution in [0.2, 0.25) is 0 Å². The third-order valence-corrected chi connectivity index (χ3v) is 4.89. The van der Waals surface area contributed by atoms with E-state index >= 15 is 0 Å². The highest BCUT2D eigenvalue weighted by molar-refractivity contribution is 7.98. The van der Waals surface area contributed by atoms with Crippen molar-refractivity contribution in [3.8, 4) is 11.5 Å². The molecule has 0 amide bonds. The Balaban J connectivity index is 1.67. The molecular formula is C13H15N3O2S2. The molecule has 1 aromatic carbocycles. The van der Waals surface area contributed by atoms with Crippen LogP contribution < -0.4 is 14.8 Å². The number of hydrogen-bond donors (Lipinski definition) is 1. The molecule has 1 aromatic heterocycles. The van der Waals surface area contributed by atoms with Gasteiger partial charge in [-0.25, -0.2) is 0 Å². The fourth-order valence-corrected chi connectivity index (χ4v) is 3.39. The number of benzene rings is 1. The van der Waals surface area contributed by atoms with E-state index < -0.39 is 0 Å². The van der Waals surface area contributed by atoms with E-state index in [-0.39, 0.29) is 0 Å². The van der Waals surface area contributed by atoms with E-state index in [0.29, 0.717) is 6.61 Å². The van der Waals surface area contributed by atoms with Gasteiger partial charge in [-0.05, 0) is 18.2 Å². The van der Waals surface area contributed by atoms with Gasteiger partial charge in [-0.1, -0.05) is 11.3 Å². The first-order valence-corrected chi connectivity index (χ1v) is 8.18. The summed E-state index contributed by atoms with van der Waals surface area (Å²) in [7, 11) is 1.85. The van der Waals surface area contributed by atoms with Gasteiger partial charge in [0.2, 0.25) is 5.13 Å². The van der Waals surface area contributed by atoms with Crippen molar-refractivity contribution in [1.29, 1.82) is 0 Å². The van der Waals surface area contributed by atoms with Crippen LogP contribution in [0.3, 0.4) is 0 Å². The van der Waals surface area contributed by atoms with E-state index in [1.165, 1.54) is 0 Å². The summed E-state index contributed by atoms with van der Waals surface area (Å²) >= 11 is 3.30. The van der Waals surface area contributed by atoms with Gasteiger partial charge < -0.3 is 14.8 Å². The van der Waals surface area contributed by atoms with Crippen LogP contribution in [0, 0.1) is 0 Å². The average Bonchev–Trinajstić information content (AvgIpc) is 2.82. The zero-order chi connectivity index (χ0) is 13.8. The second kappa shape index (κ2) is 6.32. The lowest BCUT2D eigenvalue weighted by atomic mass is 10.3. The Hall–Kier alpha value is -1.47. The fourth-order valence-electron chi connectivity index (χ4n) is 1.79. The zero-order valence-electron chi connectivity index (χ0n) is 11.1. The average molecular weight is 309 g/mol. The monoisotopic (exact) mass is 309 g/mol. The zero-order valence-corrected chi connectivity index (χ0v) is 12.7. The van der Waals surface area contributed by atoms with Crippen molar-refractivity contribution >= 4 is 28.2 Å². The fraction of sp³-hybridized carbons (Fsp3) is 0.385. The first-order chi connectivity index (χ1) is 9.85. The predicted octanol–water partition coefficient (Wildman–Crippen LogP) is 3.03. The Bertz CT molecular complexity index is 589. The molecule has 1 aliphatic rings.